The molecule has 0 saturated carbocycles. The van der Waals surface area contributed by atoms with Crippen molar-refractivity contribution in [3.05, 3.63) is 81.4 Å². The smallest absolute Gasteiger partial charge is 0.333 e. The third-order valence-electron chi connectivity index (χ3n) is 3.91. The van der Waals surface area contributed by atoms with Crippen LogP contribution in [0.5, 0.6) is 0 Å². The van der Waals surface area contributed by atoms with E-state index >= 15 is 0 Å². The van der Waals surface area contributed by atoms with Crippen LogP contribution < -0.4 is 4.90 Å². The summed E-state index contributed by atoms with van der Waals surface area (Å²) in [6.45, 7) is 5.32. The fourth-order valence-corrected chi connectivity index (χ4v) is 2.32. The molecule has 0 fully saturated rings. The molecule has 27 heavy (non-hydrogen) atoms. The zero-order chi connectivity index (χ0) is 20.0. The normalized spacial score (nSPS) is 10.6. The van der Waals surface area contributed by atoms with E-state index in [4.69, 9.17) is 4.74 Å². The summed E-state index contributed by atoms with van der Waals surface area (Å²) in [5.74, 6) is -0.435. The van der Waals surface area contributed by atoms with Gasteiger partial charge in [-0.25, -0.2) is 4.79 Å². The van der Waals surface area contributed by atoms with Crippen molar-refractivity contribution in [2.75, 3.05) is 19.0 Å². The quantitative estimate of drug-likeness (QED) is 0.238. The van der Waals surface area contributed by atoms with Crippen LogP contribution in [-0.2, 0) is 16.1 Å². The zero-order valence-electron chi connectivity index (χ0n) is 15.6. The molecule has 0 unspecified atom stereocenters. The van der Waals surface area contributed by atoms with E-state index in [0.717, 1.165) is 22.4 Å². The van der Waals surface area contributed by atoms with Gasteiger partial charge in [-0.15, -0.1) is 0 Å². The number of nitrogens with zero attached hydrogens (tertiary/aromatic N) is 2. The van der Waals surface area contributed by atoms with Crippen molar-refractivity contribution in [2.45, 2.75) is 13.5 Å². The number of hydrogen-bond donors (Lipinski definition) is 0. The SMILES string of the molecule is C=C(C)C(=O)OCc1cc(N(C)C)ccc1/C=C/c1ccc([N+](=O)[O-])cc1. The summed E-state index contributed by atoms with van der Waals surface area (Å²) in [6.07, 6.45) is 3.75. The number of ether oxygens (including phenoxy) is 1. The number of rotatable bonds is 7. The number of nitro groups is 1. The Morgan fingerprint density at radius 1 is 1.19 bits per heavy atom. The molecule has 0 saturated heterocycles. The molecule has 6 heteroatoms. The van der Waals surface area contributed by atoms with Gasteiger partial charge in [-0.2, -0.15) is 0 Å². The lowest BCUT2D eigenvalue weighted by Gasteiger charge is -2.16. The molecule has 0 heterocycles. The Kier molecular flexibility index (Phi) is 6.49. The molecule has 0 aromatic heterocycles. The molecule has 0 amide bonds. The molecule has 2 rings (SSSR count). The number of hydrogen-bond acceptors (Lipinski definition) is 5. The third kappa shape index (κ3) is 5.54. The van der Waals surface area contributed by atoms with Gasteiger partial charge in [-0.1, -0.05) is 24.8 Å². The van der Waals surface area contributed by atoms with Gasteiger partial charge in [0.1, 0.15) is 6.61 Å². The summed E-state index contributed by atoms with van der Waals surface area (Å²) in [5.41, 5.74) is 3.98. The minimum Gasteiger partial charge on any atom is -0.457 e. The van der Waals surface area contributed by atoms with E-state index in [2.05, 4.69) is 6.58 Å². The summed E-state index contributed by atoms with van der Waals surface area (Å²) in [4.78, 5) is 24.0. The minimum atomic E-state index is -0.435. The van der Waals surface area contributed by atoms with E-state index in [1.165, 1.54) is 12.1 Å². The van der Waals surface area contributed by atoms with Crippen molar-refractivity contribution in [2.24, 2.45) is 0 Å². The summed E-state index contributed by atoms with van der Waals surface area (Å²) < 4.78 is 5.29. The lowest BCUT2D eigenvalue weighted by molar-refractivity contribution is -0.384. The predicted molar refractivity (Wildman–Crippen MR) is 107 cm³/mol. The Balaban J connectivity index is 2.26. The molecule has 6 nitrogen and oxygen atoms in total. The van der Waals surface area contributed by atoms with Crippen LogP contribution in [-0.4, -0.2) is 25.0 Å². The first-order chi connectivity index (χ1) is 12.8. The van der Waals surface area contributed by atoms with Gasteiger partial charge in [0, 0.05) is 37.5 Å². The van der Waals surface area contributed by atoms with Gasteiger partial charge in [-0.3, -0.25) is 10.1 Å². The van der Waals surface area contributed by atoms with Crippen molar-refractivity contribution < 1.29 is 14.5 Å². The van der Waals surface area contributed by atoms with Gasteiger partial charge >= 0.3 is 5.97 Å². The van der Waals surface area contributed by atoms with Gasteiger partial charge in [0.15, 0.2) is 0 Å². The Labute approximate surface area is 158 Å². The highest BCUT2D eigenvalue weighted by Gasteiger charge is 2.08. The first-order valence-corrected chi connectivity index (χ1v) is 8.33. The molecule has 0 radical (unpaired) electrons. The number of carbonyl (C=O) groups excluding carboxylic acids is 1. The Bertz CT molecular complexity index is 884. The predicted octanol–water partition coefficient (Wildman–Crippen LogP) is 4.45. The average molecular weight is 366 g/mol. The largest absolute Gasteiger partial charge is 0.457 e. The molecule has 140 valence electrons. The number of anilines is 1. The van der Waals surface area contributed by atoms with Crippen LogP contribution in [0.3, 0.4) is 0 Å². The molecule has 2 aromatic rings. The highest BCUT2D eigenvalue weighted by Crippen LogP contribution is 2.22. The minimum absolute atomic E-state index is 0.0508. The van der Waals surface area contributed by atoms with Crippen LogP contribution >= 0.6 is 0 Å². The standard InChI is InChI=1S/C21H22N2O4/c1-15(2)21(24)27-14-18-13-20(22(3)4)12-9-17(18)8-5-16-6-10-19(11-7-16)23(25)26/h5-13H,1,14H2,2-4H3/b8-5+. The number of nitro benzene ring substituents is 1. The topological polar surface area (TPSA) is 72.7 Å². The van der Waals surface area contributed by atoms with Crippen LogP contribution in [0.15, 0.2) is 54.6 Å². The van der Waals surface area contributed by atoms with E-state index in [9.17, 15) is 14.9 Å². The van der Waals surface area contributed by atoms with E-state index in [1.54, 1.807) is 19.1 Å². The van der Waals surface area contributed by atoms with Crippen molar-refractivity contribution in [1.29, 1.82) is 0 Å². The van der Waals surface area contributed by atoms with Gasteiger partial charge in [0.25, 0.3) is 5.69 Å². The highest BCUT2D eigenvalue weighted by atomic mass is 16.6. The fourth-order valence-electron chi connectivity index (χ4n) is 2.32. The summed E-state index contributed by atoms with van der Waals surface area (Å²) >= 11 is 0. The Hall–Kier alpha value is -3.41. The second-order valence-corrected chi connectivity index (χ2v) is 6.32. The zero-order valence-corrected chi connectivity index (χ0v) is 15.6. The Morgan fingerprint density at radius 3 is 2.41 bits per heavy atom. The first-order valence-electron chi connectivity index (χ1n) is 8.33. The first kappa shape index (κ1) is 19.9. The van der Waals surface area contributed by atoms with E-state index in [-0.39, 0.29) is 12.3 Å². The maximum absolute atomic E-state index is 11.7. The number of carbonyl (C=O) groups is 1. The fraction of sp³-hybridized carbons (Fsp3) is 0.190. The van der Waals surface area contributed by atoms with Crippen molar-refractivity contribution in [3.63, 3.8) is 0 Å². The summed E-state index contributed by atoms with van der Waals surface area (Å²) in [7, 11) is 3.87. The van der Waals surface area contributed by atoms with Gasteiger partial charge < -0.3 is 9.64 Å². The second-order valence-electron chi connectivity index (χ2n) is 6.32. The second kappa shape index (κ2) is 8.80. The molecule has 0 aliphatic rings. The number of esters is 1. The van der Waals surface area contributed by atoms with Crippen LogP contribution in [0.4, 0.5) is 11.4 Å². The molecular weight excluding hydrogens is 344 g/mol. The monoisotopic (exact) mass is 366 g/mol. The van der Waals surface area contributed by atoms with Crippen molar-refractivity contribution in [1.82, 2.24) is 0 Å². The van der Waals surface area contributed by atoms with Gasteiger partial charge in [-0.05, 0) is 47.9 Å². The number of non-ortho nitro benzene ring substituents is 1. The van der Waals surface area contributed by atoms with Crippen LogP contribution in [0.2, 0.25) is 0 Å². The van der Waals surface area contributed by atoms with E-state index < -0.39 is 10.9 Å². The molecule has 0 aliphatic heterocycles. The molecule has 0 spiro atoms. The lowest BCUT2D eigenvalue weighted by atomic mass is 10.0. The maximum atomic E-state index is 11.7. The van der Waals surface area contributed by atoms with Gasteiger partial charge in [0.2, 0.25) is 0 Å². The average Bonchev–Trinajstić information content (AvgIpc) is 2.64. The van der Waals surface area contributed by atoms with Crippen molar-refractivity contribution >= 4 is 29.5 Å². The van der Waals surface area contributed by atoms with Crippen LogP contribution in [0, 0.1) is 10.1 Å². The third-order valence-corrected chi connectivity index (χ3v) is 3.91. The maximum Gasteiger partial charge on any atom is 0.333 e. The molecule has 0 N–H and O–H groups in total. The summed E-state index contributed by atoms with van der Waals surface area (Å²) in [5, 5.41) is 10.7. The molecule has 0 aliphatic carbocycles. The molecule has 0 atom stereocenters. The summed E-state index contributed by atoms with van der Waals surface area (Å²) in [6, 6.07) is 12.2. The Morgan fingerprint density at radius 2 is 1.85 bits per heavy atom. The van der Waals surface area contributed by atoms with E-state index in [1.807, 2.05) is 49.3 Å². The molecule has 0 bridgehead atoms. The molecule has 2 aromatic carbocycles. The lowest BCUT2D eigenvalue weighted by Crippen LogP contribution is -2.10. The van der Waals surface area contributed by atoms with Crippen molar-refractivity contribution in [3.8, 4) is 0 Å². The highest BCUT2D eigenvalue weighted by molar-refractivity contribution is 5.87. The van der Waals surface area contributed by atoms with Gasteiger partial charge in [0.05, 0.1) is 4.92 Å². The van der Waals surface area contributed by atoms with Crippen LogP contribution in [0.1, 0.15) is 23.6 Å². The van der Waals surface area contributed by atoms with Crippen LogP contribution in [0.25, 0.3) is 12.2 Å². The van der Waals surface area contributed by atoms with E-state index in [0.29, 0.717) is 5.57 Å². The number of benzene rings is 2. The molecular formula is C21H22N2O4.